The van der Waals surface area contributed by atoms with Crippen molar-refractivity contribution in [3.63, 3.8) is 0 Å². The van der Waals surface area contributed by atoms with Crippen LogP contribution < -0.4 is 16.0 Å². The third kappa shape index (κ3) is 20.4. The molecular weight excluding hydrogens is 721 g/mol. The molecule has 1 aromatic carbocycles. The van der Waals surface area contributed by atoms with Crippen LogP contribution in [0.15, 0.2) is 114 Å². The molecule has 0 bridgehead atoms. The smallest absolute Gasteiger partial charge is 0.274 e. The van der Waals surface area contributed by atoms with Crippen LogP contribution in [-0.2, 0) is 9.59 Å². The molecule has 0 aliphatic heterocycles. The normalized spacial score (nSPS) is 13.6. The van der Waals surface area contributed by atoms with Crippen molar-refractivity contribution < 1.29 is 29.1 Å². The molecule has 294 valence electrons. The van der Waals surface area contributed by atoms with Crippen molar-refractivity contribution in [3.05, 3.63) is 115 Å². The summed E-state index contributed by atoms with van der Waals surface area (Å²) in [7, 11) is 2.86. The van der Waals surface area contributed by atoms with Crippen molar-refractivity contribution in [1.29, 1.82) is 0 Å². The largest absolute Gasteiger partial charge is 0.394 e. The van der Waals surface area contributed by atoms with Gasteiger partial charge in [-0.15, -0.1) is 0 Å². The highest BCUT2D eigenvalue weighted by Crippen LogP contribution is 2.38. The summed E-state index contributed by atoms with van der Waals surface area (Å²) < 4.78 is 4.54. The Morgan fingerprint density at radius 1 is 0.852 bits per heavy atom. The first-order chi connectivity index (χ1) is 26.2. The van der Waals surface area contributed by atoms with E-state index in [1.54, 1.807) is 0 Å². The van der Waals surface area contributed by atoms with Crippen molar-refractivity contribution >= 4 is 39.3 Å². The van der Waals surface area contributed by atoms with Crippen LogP contribution in [0.2, 0.25) is 0 Å². The Kier molecular flexibility index (Phi) is 24.2. The predicted molar refractivity (Wildman–Crippen MR) is 224 cm³/mol. The number of aliphatic hydroxyl groups is 2. The van der Waals surface area contributed by atoms with Gasteiger partial charge in [0.1, 0.15) is 6.04 Å². The average molecular weight is 779 g/mol. The number of aromatic nitrogens is 1. The number of rotatable bonds is 27. The van der Waals surface area contributed by atoms with Crippen molar-refractivity contribution in [2.45, 2.75) is 89.0 Å². The van der Waals surface area contributed by atoms with Crippen LogP contribution in [0.1, 0.15) is 82.6 Å². The fraction of sp³-hybridized carbons (Fsp3) is 0.429. The van der Waals surface area contributed by atoms with E-state index < -0.39 is 35.3 Å². The van der Waals surface area contributed by atoms with E-state index >= 15 is 0 Å². The first-order valence-corrected chi connectivity index (χ1v) is 20.9. The van der Waals surface area contributed by atoms with E-state index in [-0.39, 0.29) is 18.1 Å². The summed E-state index contributed by atoms with van der Waals surface area (Å²) in [5.41, 5.74) is 0.770. The number of hydrogen-bond donors (Lipinski definition) is 5. The molecule has 0 fully saturated rings. The summed E-state index contributed by atoms with van der Waals surface area (Å²) in [6, 6.07) is 9.69. The standard InChI is InChI=1S/C42H58N4O6S2/c1-4-5-6-7-8-9-10-11-12-13-14-15-16-17-18-19-20-21-25-28-38(49)43-29-30-53-54-42(2,3)39(41(51)44-32-35(48)33-47)45-40(50)36-31-37(52-46-36)34-26-23-22-24-27-34/h5-6,8-9,11-12,14-15,17-18,20-24,26-27,31,35,39,47-48H,4,7,10,13,16,19,25,28-30,32-33H2,1-3H3,(H,43,49)(H,44,51)(H,45,50)/b6-5-,9-8-,12-11-,15-14-,18-17-,21-20-/t35-,39-/m1/s1. The number of aliphatic hydroxyl groups excluding tert-OH is 2. The van der Waals surface area contributed by atoms with Crippen molar-refractivity contribution in [2.24, 2.45) is 0 Å². The summed E-state index contributed by atoms with van der Waals surface area (Å²) in [5, 5.41) is 31.1. The Labute approximate surface area is 329 Å². The number of carbonyl (C=O) groups excluding carboxylic acids is 3. The molecule has 1 heterocycles. The fourth-order valence-corrected chi connectivity index (χ4v) is 7.22. The van der Waals surface area contributed by atoms with Crippen LogP contribution in [0.4, 0.5) is 0 Å². The number of hydrogen-bond acceptors (Lipinski definition) is 9. The predicted octanol–water partition coefficient (Wildman–Crippen LogP) is 7.66. The average Bonchev–Trinajstić information content (AvgIpc) is 3.67. The van der Waals surface area contributed by atoms with Gasteiger partial charge in [-0.2, -0.15) is 0 Å². The molecule has 10 nitrogen and oxygen atoms in total. The minimum absolute atomic E-state index is 0.0160. The summed E-state index contributed by atoms with van der Waals surface area (Å²) >= 11 is 0. The van der Waals surface area contributed by atoms with E-state index in [0.717, 1.165) is 44.1 Å². The van der Waals surface area contributed by atoms with E-state index in [1.165, 1.54) is 27.7 Å². The van der Waals surface area contributed by atoms with E-state index in [1.807, 2.05) is 50.3 Å². The Balaban J connectivity index is 1.68. The molecule has 1 aromatic heterocycles. The van der Waals surface area contributed by atoms with Gasteiger partial charge in [0.2, 0.25) is 11.8 Å². The first kappa shape index (κ1) is 46.1. The molecule has 0 saturated carbocycles. The van der Waals surface area contributed by atoms with Crippen molar-refractivity contribution in [2.75, 3.05) is 25.4 Å². The molecule has 0 spiro atoms. The molecule has 2 aromatic rings. The quantitative estimate of drug-likeness (QED) is 0.0350. The van der Waals surface area contributed by atoms with Crippen LogP contribution in [0.3, 0.4) is 0 Å². The topological polar surface area (TPSA) is 154 Å². The van der Waals surface area contributed by atoms with Gasteiger partial charge in [-0.3, -0.25) is 14.4 Å². The maximum absolute atomic E-state index is 13.2. The van der Waals surface area contributed by atoms with Crippen LogP contribution >= 0.6 is 21.6 Å². The van der Waals surface area contributed by atoms with Crippen LogP contribution in [-0.4, -0.2) is 75.4 Å². The van der Waals surface area contributed by atoms with Crippen LogP contribution in [0, 0.1) is 0 Å². The third-order valence-electron chi connectivity index (χ3n) is 7.67. The van der Waals surface area contributed by atoms with Gasteiger partial charge in [0, 0.05) is 41.6 Å². The van der Waals surface area contributed by atoms with Gasteiger partial charge < -0.3 is 30.7 Å². The molecular formula is C42H58N4O6S2. The summed E-state index contributed by atoms with van der Waals surface area (Å²) in [5.74, 6) is -0.162. The zero-order valence-electron chi connectivity index (χ0n) is 31.8. The molecule has 3 amide bonds. The number of nitrogens with zero attached hydrogens (tertiary/aromatic N) is 1. The summed E-state index contributed by atoms with van der Waals surface area (Å²) in [6.07, 6.45) is 31.5. The first-order valence-electron chi connectivity index (χ1n) is 18.5. The Hall–Kier alpha value is -4.10. The molecule has 0 aliphatic rings. The fourth-order valence-electron chi connectivity index (χ4n) is 4.68. The maximum atomic E-state index is 13.2. The van der Waals surface area contributed by atoms with Gasteiger partial charge in [-0.05, 0) is 58.8 Å². The number of nitrogens with one attached hydrogen (secondary N) is 3. The molecule has 2 atom stereocenters. The molecule has 0 radical (unpaired) electrons. The second kappa shape index (κ2) is 28.4. The zero-order chi connectivity index (χ0) is 39.3. The minimum atomic E-state index is -1.14. The number of amides is 3. The minimum Gasteiger partial charge on any atom is -0.394 e. The second-order valence-corrected chi connectivity index (χ2v) is 15.8. The third-order valence-corrected chi connectivity index (χ3v) is 11.0. The summed E-state index contributed by atoms with van der Waals surface area (Å²) in [4.78, 5) is 38.8. The SMILES string of the molecule is CC/C=C\C/C=C\C/C=C\C/C=C\C/C=C\C/C=C\CCC(=O)NCCSSC(C)(C)[C@H](NC(=O)c1cc(-c2ccccc2)on1)C(=O)NC[C@@H](O)CO. The van der Waals surface area contributed by atoms with Gasteiger partial charge in [0.15, 0.2) is 11.5 Å². The molecule has 0 unspecified atom stereocenters. The van der Waals surface area contributed by atoms with Gasteiger partial charge >= 0.3 is 0 Å². The molecule has 5 N–H and O–H groups in total. The maximum Gasteiger partial charge on any atom is 0.274 e. The Morgan fingerprint density at radius 2 is 1.43 bits per heavy atom. The van der Waals surface area contributed by atoms with E-state index in [0.29, 0.717) is 30.9 Å². The van der Waals surface area contributed by atoms with Gasteiger partial charge in [0.05, 0.1) is 12.7 Å². The number of benzene rings is 1. The van der Waals surface area contributed by atoms with Gasteiger partial charge in [-0.1, -0.05) is 137 Å². The second-order valence-electron chi connectivity index (χ2n) is 12.7. The molecule has 54 heavy (non-hydrogen) atoms. The lowest BCUT2D eigenvalue weighted by Gasteiger charge is -2.32. The van der Waals surface area contributed by atoms with Crippen LogP contribution in [0.25, 0.3) is 11.3 Å². The zero-order valence-corrected chi connectivity index (χ0v) is 33.5. The van der Waals surface area contributed by atoms with Crippen molar-refractivity contribution in [1.82, 2.24) is 21.1 Å². The van der Waals surface area contributed by atoms with Gasteiger partial charge in [0.25, 0.3) is 5.91 Å². The molecule has 12 heteroatoms. The van der Waals surface area contributed by atoms with E-state index in [9.17, 15) is 19.5 Å². The lowest BCUT2D eigenvalue weighted by molar-refractivity contribution is -0.124. The number of carbonyl (C=O) groups is 3. The molecule has 0 aliphatic carbocycles. The summed E-state index contributed by atoms with van der Waals surface area (Å²) in [6.45, 7) is 5.54. The highest BCUT2D eigenvalue weighted by Gasteiger charge is 2.38. The van der Waals surface area contributed by atoms with Crippen LogP contribution in [0.5, 0.6) is 0 Å². The highest BCUT2D eigenvalue weighted by atomic mass is 33.1. The van der Waals surface area contributed by atoms with E-state index in [4.69, 9.17) is 9.63 Å². The lowest BCUT2D eigenvalue weighted by atomic mass is 10.0. The molecule has 0 saturated heterocycles. The van der Waals surface area contributed by atoms with E-state index in [2.05, 4.69) is 94.9 Å². The Bertz CT molecular complexity index is 1550. The van der Waals surface area contributed by atoms with Crippen molar-refractivity contribution in [3.8, 4) is 11.3 Å². The Morgan fingerprint density at radius 3 is 2.00 bits per heavy atom. The van der Waals surface area contributed by atoms with Gasteiger partial charge in [-0.25, -0.2) is 0 Å². The highest BCUT2D eigenvalue weighted by molar-refractivity contribution is 8.77. The number of allylic oxidation sites excluding steroid dienone is 12. The monoisotopic (exact) mass is 778 g/mol. The molecule has 2 rings (SSSR count). The lowest BCUT2D eigenvalue weighted by Crippen LogP contribution is -2.57.